The SMILES string of the molecule is COC1CCN([C@@H]2CCC[C@@H]2N(C)C(=O)Nc2nc3ccccn3n2)C1. The van der Waals surface area contributed by atoms with Crippen molar-refractivity contribution < 1.29 is 9.53 Å². The second-order valence-electron chi connectivity index (χ2n) is 7.19. The first-order chi connectivity index (χ1) is 12.7. The molecule has 0 radical (unpaired) electrons. The number of hydrogen-bond donors (Lipinski definition) is 1. The molecule has 2 amide bonds. The standard InChI is InChI=1S/C18H26N6O2/c1-22(14-6-5-7-15(14)23-11-9-13(12-23)26-2)18(25)20-17-19-16-8-3-4-10-24(16)21-17/h3-4,8,10,13-15H,5-7,9,11-12H2,1-2H3,(H,20,21,25)/t13?,14-,15+/m0/s1. The van der Waals surface area contributed by atoms with Crippen LogP contribution in [0.4, 0.5) is 10.7 Å². The number of likely N-dealkylation sites (N-methyl/N-ethyl adjacent to an activating group) is 1. The number of methoxy groups -OCH3 is 1. The Labute approximate surface area is 153 Å². The molecule has 0 aromatic carbocycles. The molecule has 1 N–H and O–H groups in total. The van der Waals surface area contributed by atoms with Crippen LogP contribution in [0, 0.1) is 0 Å². The van der Waals surface area contributed by atoms with Crippen LogP contribution < -0.4 is 5.32 Å². The van der Waals surface area contributed by atoms with Gasteiger partial charge in [0.05, 0.1) is 6.10 Å². The van der Waals surface area contributed by atoms with Crippen molar-refractivity contribution in [3.8, 4) is 0 Å². The van der Waals surface area contributed by atoms with Gasteiger partial charge in [-0.15, -0.1) is 5.10 Å². The Hall–Kier alpha value is -2.19. The minimum atomic E-state index is -0.153. The molecular weight excluding hydrogens is 332 g/mol. The molecule has 2 aliphatic rings. The molecule has 8 nitrogen and oxygen atoms in total. The van der Waals surface area contributed by atoms with Crippen molar-refractivity contribution in [2.24, 2.45) is 0 Å². The highest BCUT2D eigenvalue weighted by Crippen LogP contribution is 2.31. The number of hydrogen-bond acceptors (Lipinski definition) is 5. The van der Waals surface area contributed by atoms with Crippen molar-refractivity contribution in [1.29, 1.82) is 0 Å². The van der Waals surface area contributed by atoms with Crippen molar-refractivity contribution in [3.63, 3.8) is 0 Å². The number of pyridine rings is 1. The zero-order valence-corrected chi connectivity index (χ0v) is 15.3. The van der Waals surface area contributed by atoms with Crippen LogP contribution in [-0.4, -0.2) is 75.9 Å². The summed E-state index contributed by atoms with van der Waals surface area (Å²) < 4.78 is 7.15. The van der Waals surface area contributed by atoms with Crippen molar-refractivity contribution in [2.75, 3.05) is 32.6 Å². The molecule has 1 saturated heterocycles. The van der Waals surface area contributed by atoms with Gasteiger partial charge in [-0.05, 0) is 37.8 Å². The zero-order valence-electron chi connectivity index (χ0n) is 15.3. The summed E-state index contributed by atoms with van der Waals surface area (Å²) in [6.45, 7) is 2.00. The molecule has 3 heterocycles. The van der Waals surface area contributed by atoms with Gasteiger partial charge in [-0.2, -0.15) is 4.98 Å². The number of carbonyl (C=O) groups excluding carboxylic acids is 1. The van der Waals surface area contributed by atoms with Crippen LogP contribution in [0.1, 0.15) is 25.7 Å². The average molecular weight is 358 g/mol. The molecule has 1 unspecified atom stereocenters. The lowest BCUT2D eigenvalue weighted by Gasteiger charge is -2.34. The van der Waals surface area contributed by atoms with E-state index in [1.807, 2.05) is 36.3 Å². The molecule has 2 aromatic rings. The van der Waals surface area contributed by atoms with Crippen LogP contribution in [0.5, 0.6) is 0 Å². The Bertz CT molecular complexity index is 745. The molecule has 140 valence electrons. The van der Waals surface area contributed by atoms with Crippen LogP contribution in [0.25, 0.3) is 5.65 Å². The minimum absolute atomic E-state index is 0.153. The Morgan fingerprint density at radius 1 is 1.35 bits per heavy atom. The third-order valence-corrected chi connectivity index (χ3v) is 5.70. The summed E-state index contributed by atoms with van der Waals surface area (Å²) in [5.74, 6) is 0.336. The summed E-state index contributed by atoms with van der Waals surface area (Å²) >= 11 is 0. The topological polar surface area (TPSA) is 75.0 Å². The number of likely N-dealkylation sites (tertiary alicyclic amines) is 1. The number of rotatable bonds is 4. The maximum Gasteiger partial charge on any atom is 0.324 e. The lowest BCUT2D eigenvalue weighted by molar-refractivity contribution is 0.0907. The van der Waals surface area contributed by atoms with Crippen LogP contribution >= 0.6 is 0 Å². The number of aromatic nitrogens is 3. The summed E-state index contributed by atoms with van der Waals surface area (Å²) in [6.07, 6.45) is 6.51. The molecule has 26 heavy (non-hydrogen) atoms. The molecule has 0 spiro atoms. The van der Waals surface area contributed by atoms with Gasteiger partial charge in [0.1, 0.15) is 0 Å². The Kier molecular flexibility index (Phi) is 4.78. The predicted molar refractivity (Wildman–Crippen MR) is 98.2 cm³/mol. The van der Waals surface area contributed by atoms with E-state index in [4.69, 9.17) is 4.74 Å². The third-order valence-electron chi connectivity index (χ3n) is 5.70. The predicted octanol–water partition coefficient (Wildman–Crippen LogP) is 1.83. The molecule has 2 aromatic heterocycles. The van der Waals surface area contributed by atoms with Crippen molar-refractivity contribution in [2.45, 2.75) is 43.9 Å². The van der Waals surface area contributed by atoms with E-state index >= 15 is 0 Å². The van der Waals surface area contributed by atoms with E-state index in [0.29, 0.717) is 23.7 Å². The number of carbonyl (C=O) groups is 1. The van der Waals surface area contributed by atoms with Crippen molar-refractivity contribution in [1.82, 2.24) is 24.4 Å². The Morgan fingerprint density at radius 2 is 2.23 bits per heavy atom. The van der Waals surface area contributed by atoms with Gasteiger partial charge in [-0.3, -0.25) is 10.2 Å². The maximum absolute atomic E-state index is 12.7. The van der Waals surface area contributed by atoms with E-state index in [-0.39, 0.29) is 12.1 Å². The molecule has 0 bridgehead atoms. The van der Waals surface area contributed by atoms with Gasteiger partial charge in [0.15, 0.2) is 5.65 Å². The maximum atomic E-state index is 12.7. The van der Waals surface area contributed by atoms with E-state index < -0.39 is 0 Å². The van der Waals surface area contributed by atoms with E-state index in [9.17, 15) is 4.79 Å². The first kappa shape index (κ1) is 17.2. The number of ether oxygens (including phenoxy) is 1. The van der Waals surface area contributed by atoms with Gasteiger partial charge in [0.25, 0.3) is 5.95 Å². The summed E-state index contributed by atoms with van der Waals surface area (Å²) in [6, 6.07) is 6.10. The van der Waals surface area contributed by atoms with Crippen LogP contribution in [0.15, 0.2) is 24.4 Å². The third kappa shape index (κ3) is 3.26. The van der Waals surface area contributed by atoms with Crippen molar-refractivity contribution >= 4 is 17.6 Å². The smallest absolute Gasteiger partial charge is 0.324 e. The van der Waals surface area contributed by atoms with E-state index in [2.05, 4.69) is 20.3 Å². The zero-order chi connectivity index (χ0) is 18.1. The molecule has 2 fully saturated rings. The molecule has 8 heteroatoms. The summed E-state index contributed by atoms with van der Waals surface area (Å²) in [7, 11) is 3.65. The minimum Gasteiger partial charge on any atom is -0.380 e. The van der Waals surface area contributed by atoms with Gasteiger partial charge in [-0.25, -0.2) is 9.31 Å². The van der Waals surface area contributed by atoms with Gasteiger partial charge in [-0.1, -0.05) is 6.07 Å². The lowest BCUT2D eigenvalue weighted by atomic mass is 10.1. The van der Waals surface area contributed by atoms with Crippen LogP contribution in [0.2, 0.25) is 0 Å². The van der Waals surface area contributed by atoms with Crippen LogP contribution in [0.3, 0.4) is 0 Å². The second kappa shape index (κ2) is 7.20. The molecule has 4 rings (SSSR count). The number of anilines is 1. The van der Waals surface area contributed by atoms with Crippen molar-refractivity contribution in [3.05, 3.63) is 24.4 Å². The monoisotopic (exact) mass is 358 g/mol. The fourth-order valence-corrected chi connectivity index (χ4v) is 4.27. The number of urea groups is 1. The van der Waals surface area contributed by atoms with E-state index in [1.165, 1.54) is 0 Å². The highest BCUT2D eigenvalue weighted by molar-refractivity contribution is 5.87. The first-order valence-electron chi connectivity index (χ1n) is 9.28. The number of amides is 2. The largest absolute Gasteiger partial charge is 0.380 e. The number of fused-ring (bicyclic) bond motifs is 1. The summed E-state index contributed by atoms with van der Waals surface area (Å²) in [4.78, 5) is 21.4. The summed E-state index contributed by atoms with van der Waals surface area (Å²) in [5.41, 5.74) is 0.715. The highest BCUT2D eigenvalue weighted by Gasteiger charge is 2.39. The molecule has 3 atom stereocenters. The van der Waals surface area contributed by atoms with E-state index in [0.717, 1.165) is 38.8 Å². The van der Waals surface area contributed by atoms with Gasteiger partial charge in [0.2, 0.25) is 0 Å². The Balaban J connectivity index is 1.42. The van der Waals surface area contributed by atoms with Crippen LogP contribution in [-0.2, 0) is 4.74 Å². The number of nitrogens with one attached hydrogen (secondary N) is 1. The molecule has 1 aliphatic heterocycles. The number of nitrogens with zero attached hydrogens (tertiary/aromatic N) is 5. The Morgan fingerprint density at radius 3 is 3.00 bits per heavy atom. The molecule has 1 aliphatic carbocycles. The fourth-order valence-electron chi connectivity index (χ4n) is 4.27. The van der Waals surface area contributed by atoms with Gasteiger partial charge >= 0.3 is 6.03 Å². The van der Waals surface area contributed by atoms with E-state index in [1.54, 1.807) is 11.6 Å². The van der Waals surface area contributed by atoms with Gasteiger partial charge < -0.3 is 9.64 Å². The summed E-state index contributed by atoms with van der Waals surface area (Å²) in [5, 5.41) is 7.14. The fraction of sp³-hybridized carbons (Fsp3) is 0.611. The van der Waals surface area contributed by atoms with Gasteiger partial charge in [0, 0.05) is 45.5 Å². The normalized spacial score (nSPS) is 26.5. The molecule has 1 saturated carbocycles. The highest BCUT2D eigenvalue weighted by atomic mass is 16.5. The lowest BCUT2D eigenvalue weighted by Crippen LogP contribution is -2.50. The second-order valence-corrected chi connectivity index (χ2v) is 7.19. The first-order valence-corrected chi connectivity index (χ1v) is 9.28. The molecular formula is C18H26N6O2. The average Bonchev–Trinajstić information content (AvgIpc) is 3.38. The quantitative estimate of drug-likeness (QED) is 0.903.